The molecule has 5 nitrogen and oxygen atoms in total. The third-order valence-electron chi connectivity index (χ3n) is 3.27. The maximum Gasteiger partial charge on any atom is 0.355 e. The van der Waals surface area contributed by atoms with Crippen molar-refractivity contribution < 1.29 is 9.47 Å². The first-order valence-corrected chi connectivity index (χ1v) is 6.21. The molecule has 0 saturated carbocycles. The molecule has 0 spiro atoms. The van der Waals surface area contributed by atoms with Gasteiger partial charge in [-0.1, -0.05) is 24.3 Å². The van der Waals surface area contributed by atoms with Crippen LogP contribution in [0.25, 0.3) is 16.6 Å². The first-order chi connectivity index (χ1) is 9.84. The molecule has 5 heteroatoms. The van der Waals surface area contributed by atoms with Crippen LogP contribution in [-0.4, -0.2) is 16.3 Å². The van der Waals surface area contributed by atoms with Crippen LogP contribution in [0.5, 0.6) is 11.6 Å². The van der Waals surface area contributed by atoms with Gasteiger partial charge in [-0.2, -0.15) is 4.98 Å². The van der Waals surface area contributed by atoms with E-state index in [4.69, 9.17) is 9.47 Å². The highest BCUT2D eigenvalue weighted by molar-refractivity contribution is 5.91. The largest absolute Gasteiger partial charge is 0.457 e. The Morgan fingerprint density at radius 2 is 1.85 bits per heavy atom. The van der Waals surface area contributed by atoms with Gasteiger partial charge in [0.2, 0.25) is 12.7 Å². The Kier molecular flexibility index (Phi) is 2.26. The highest BCUT2D eigenvalue weighted by Gasteiger charge is 2.20. The van der Waals surface area contributed by atoms with Gasteiger partial charge in [-0.15, -0.1) is 0 Å². The van der Waals surface area contributed by atoms with Crippen molar-refractivity contribution in [3.8, 4) is 17.3 Å². The van der Waals surface area contributed by atoms with Crippen LogP contribution in [-0.2, 0) is 0 Å². The highest BCUT2D eigenvalue weighted by Crippen LogP contribution is 2.34. The van der Waals surface area contributed by atoms with Gasteiger partial charge in [0.05, 0.1) is 11.2 Å². The number of nitrogens with zero attached hydrogens (tertiary/aromatic N) is 2. The SMILES string of the molecule is O=c1nc2c3c(cccc3n1-c1ccccc1)OCO2. The van der Waals surface area contributed by atoms with Crippen molar-refractivity contribution in [2.24, 2.45) is 0 Å². The Morgan fingerprint density at radius 1 is 1.00 bits per heavy atom. The van der Waals surface area contributed by atoms with E-state index in [1.807, 2.05) is 48.5 Å². The molecule has 0 bridgehead atoms. The minimum Gasteiger partial charge on any atom is -0.457 e. The average molecular weight is 266 g/mol. The fourth-order valence-electron chi connectivity index (χ4n) is 2.42. The van der Waals surface area contributed by atoms with Crippen LogP contribution in [0.2, 0.25) is 0 Å². The summed E-state index contributed by atoms with van der Waals surface area (Å²) in [6.45, 7) is 0.0773. The third kappa shape index (κ3) is 1.50. The van der Waals surface area contributed by atoms with Gasteiger partial charge in [-0.25, -0.2) is 4.79 Å². The minimum atomic E-state index is -0.363. The van der Waals surface area contributed by atoms with E-state index in [0.29, 0.717) is 11.6 Å². The molecule has 0 radical (unpaired) electrons. The summed E-state index contributed by atoms with van der Waals surface area (Å²) in [5.41, 5.74) is 1.13. The molecular formula is C15H10N2O3. The smallest absolute Gasteiger partial charge is 0.355 e. The van der Waals surface area contributed by atoms with Crippen LogP contribution in [0, 0.1) is 0 Å². The van der Waals surface area contributed by atoms with Gasteiger partial charge in [0, 0.05) is 0 Å². The highest BCUT2D eigenvalue weighted by atomic mass is 16.7. The van der Waals surface area contributed by atoms with E-state index in [1.54, 1.807) is 4.57 Å². The molecule has 0 fully saturated rings. The molecule has 0 N–H and O–H groups in total. The molecule has 4 rings (SSSR count). The molecular weight excluding hydrogens is 256 g/mol. The molecule has 0 amide bonds. The van der Waals surface area contributed by atoms with Crippen LogP contribution in [0.4, 0.5) is 0 Å². The van der Waals surface area contributed by atoms with Crippen LogP contribution in [0.15, 0.2) is 53.3 Å². The second kappa shape index (κ2) is 4.09. The van der Waals surface area contributed by atoms with Crippen LogP contribution >= 0.6 is 0 Å². The topological polar surface area (TPSA) is 53.4 Å². The first kappa shape index (κ1) is 11.0. The zero-order chi connectivity index (χ0) is 13.5. The predicted octanol–water partition coefficient (Wildman–Crippen LogP) is 2.11. The summed E-state index contributed by atoms with van der Waals surface area (Å²) in [5.74, 6) is 1.01. The third-order valence-corrected chi connectivity index (χ3v) is 3.27. The van der Waals surface area contributed by atoms with E-state index in [-0.39, 0.29) is 12.5 Å². The molecule has 20 heavy (non-hydrogen) atoms. The molecule has 0 atom stereocenters. The van der Waals surface area contributed by atoms with Gasteiger partial charge in [-0.05, 0) is 24.3 Å². The van der Waals surface area contributed by atoms with Crippen molar-refractivity contribution >= 4 is 10.9 Å². The Bertz CT molecular complexity index is 856. The van der Waals surface area contributed by atoms with Gasteiger partial charge in [0.15, 0.2) is 0 Å². The van der Waals surface area contributed by atoms with E-state index in [0.717, 1.165) is 16.6 Å². The van der Waals surface area contributed by atoms with E-state index in [1.165, 1.54) is 0 Å². The molecule has 1 aliphatic heterocycles. The quantitative estimate of drug-likeness (QED) is 0.677. The maximum absolute atomic E-state index is 12.3. The van der Waals surface area contributed by atoms with Crippen molar-refractivity contribution in [2.45, 2.75) is 0 Å². The number of rotatable bonds is 1. The van der Waals surface area contributed by atoms with Gasteiger partial charge < -0.3 is 9.47 Å². The monoisotopic (exact) mass is 266 g/mol. The molecule has 2 heterocycles. The van der Waals surface area contributed by atoms with E-state index in [9.17, 15) is 4.79 Å². The Hall–Kier alpha value is -2.82. The second-order valence-corrected chi connectivity index (χ2v) is 4.43. The lowest BCUT2D eigenvalue weighted by Crippen LogP contribution is -2.25. The molecule has 0 aliphatic carbocycles. The summed E-state index contributed by atoms with van der Waals surface area (Å²) < 4.78 is 12.3. The number of benzene rings is 2. The van der Waals surface area contributed by atoms with E-state index < -0.39 is 0 Å². The lowest BCUT2D eigenvalue weighted by atomic mass is 10.2. The zero-order valence-corrected chi connectivity index (χ0v) is 10.4. The standard InChI is InChI=1S/C15H10N2O3/c18-15-16-14-13-11(7-4-8-12(13)19-9-20-14)17(15)10-5-2-1-3-6-10/h1-8H,9H2. The minimum absolute atomic E-state index is 0.0773. The number of hydrogen-bond acceptors (Lipinski definition) is 4. The molecule has 2 aromatic carbocycles. The zero-order valence-electron chi connectivity index (χ0n) is 10.4. The van der Waals surface area contributed by atoms with Crippen LogP contribution in [0.1, 0.15) is 0 Å². The van der Waals surface area contributed by atoms with Gasteiger partial charge in [-0.3, -0.25) is 4.57 Å². The predicted molar refractivity (Wildman–Crippen MR) is 73.5 cm³/mol. The van der Waals surface area contributed by atoms with Crippen molar-refractivity contribution in [3.63, 3.8) is 0 Å². The lowest BCUT2D eigenvalue weighted by molar-refractivity contribution is 0.107. The van der Waals surface area contributed by atoms with Crippen LogP contribution in [0.3, 0.4) is 0 Å². The summed E-state index contributed by atoms with van der Waals surface area (Å²) in [7, 11) is 0. The van der Waals surface area contributed by atoms with Crippen molar-refractivity contribution in [2.75, 3.05) is 6.79 Å². The molecule has 0 saturated heterocycles. The first-order valence-electron chi connectivity index (χ1n) is 6.21. The summed E-state index contributed by atoms with van der Waals surface area (Å²) >= 11 is 0. The van der Waals surface area contributed by atoms with Crippen LogP contribution < -0.4 is 15.2 Å². The van der Waals surface area contributed by atoms with Gasteiger partial charge >= 0.3 is 5.69 Å². The Labute approximate surface area is 114 Å². The summed E-state index contributed by atoms with van der Waals surface area (Å²) in [4.78, 5) is 16.3. The fraction of sp³-hybridized carbons (Fsp3) is 0.0667. The maximum atomic E-state index is 12.3. The molecule has 1 aliphatic rings. The second-order valence-electron chi connectivity index (χ2n) is 4.43. The lowest BCUT2D eigenvalue weighted by Gasteiger charge is -2.19. The average Bonchev–Trinajstić information content (AvgIpc) is 2.49. The molecule has 0 unspecified atom stereocenters. The number of ether oxygens (including phenoxy) is 2. The van der Waals surface area contributed by atoms with Gasteiger partial charge in [0.25, 0.3) is 0 Å². The number of para-hydroxylation sites is 1. The van der Waals surface area contributed by atoms with E-state index in [2.05, 4.69) is 4.98 Å². The fourth-order valence-corrected chi connectivity index (χ4v) is 2.42. The van der Waals surface area contributed by atoms with E-state index >= 15 is 0 Å². The summed E-state index contributed by atoms with van der Waals surface area (Å²) in [5, 5.41) is 0.724. The molecule has 98 valence electrons. The van der Waals surface area contributed by atoms with Crippen molar-refractivity contribution in [1.82, 2.24) is 9.55 Å². The summed E-state index contributed by atoms with van der Waals surface area (Å²) in [6.07, 6.45) is 0. The molecule has 3 aromatic rings. The molecule has 1 aromatic heterocycles. The van der Waals surface area contributed by atoms with Crippen molar-refractivity contribution in [1.29, 1.82) is 0 Å². The normalized spacial score (nSPS) is 12.8. The summed E-state index contributed by atoms with van der Waals surface area (Å²) in [6, 6.07) is 14.9. The number of hydrogen-bond donors (Lipinski definition) is 0. The number of aromatic nitrogens is 2. The van der Waals surface area contributed by atoms with Gasteiger partial charge in [0.1, 0.15) is 11.1 Å². The Morgan fingerprint density at radius 3 is 2.70 bits per heavy atom. The van der Waals surface area contributed by atoms with Crippen molar-refractivity contribution in [3.05, 3.63) is 59.0 Å². The Balaban J connectivity index is 2.16.